The fourth-order valence-electron chi connectivity index (χ4n) is 2.82. The lowest BCUT2D eigenvalue weighted by atomic mass is 9.94. The summed E-state index contributed by atoms with van der Waals surface area (Å²) in [4.78, 5) is 23.6. The Morgan fingerprint density at radius 3 is 2.61 bits per heavy atom. The van der Waals surface area contributed by atoms with Gasteiger partial charge in [-0.15, -0.1) is 0 Å². The molecule has 0 bridgehead atoms. The Morgan fingerprint density at radius 1 is 1.35 bits per heavy atom. The third-order valence-electron chi connectivity index (χ3n) is 4.38. The van der Waals surface area contributed by atoms with Crippen LogP contribution in [0, 0.1) is 5.92 Å². The molecule has 0 amide bonds. The van der Waals surface area contributed by atoms with Crippen LogP contribution in [-0.2, 0) is 20.7 Å². The molecular weight excluding hydrogens is 296 g/mol. The van der Waals surface area contributed by atoms with Crippen molar-refractivity contribution in [3.63, 3.8) is 0 Å². The van der Waals surface area contributed by atoms with Crippen molar-refractivity contribution in [2.75, 3.05) is 13.2 Å². The standard InChI is InChI=1S/C18H24O5/c1-12(18(22)23-11-16(20)10-19)14-7-5-13(6-8-14)9-15-3-2-4-17(15)21/h5-8,12,15-16,19-20H,2-4,9-11H2,1H3/t12-,15+,16?/m0/s1. The van der Waals surface area contributed by atoms with Gasteiger partial charge < -0.3 is 14.9 Å². The van der Waals surface area contributed by atoms with E-state index in [1.807, 2.05) is 24.3 Å². The van der Waals surface area contributed by atoms with E-state index in [2.05, 4.69) is 0 Å². The maximum absolute atomic E-state index is 11.9. The number of esters is 1. The highest BCUT2D eigenvalue weighted by atomic mass is 16.5. The van der Waals surface area contributed by atoms with E-state index in [9.17, 15) is 14.7 Å². The first-order chi connectivity index (χ1) is 11.0. The minimum absolute atomic E-state index is 0.142. The van der Waals surface area contributed by atoms with Crippen LogP contribution in [0.2, 0.25) is 0 Å². The molecule has 0 saturated heterocycles. The molecule has 3 atom stereocenters. The number of hydrogen-bond acceptors (Lipinski definition) is 5. The van der Waals surface area contributed by atoms with Crippen LogP contribution in [0.3, 0.4) is 0 Å². The summed E-state index contributed by atoms with van der Waals surface area (Å²) in [5.74, 6) is -0.379. The van der Waals surface area contributed by atoms with Gasteiger partial charge in [0.05, 0.1) is 12.5 Å². The van der Waals surface area contributed by atoms with Crippen molar-refractivity contribution in [2.45, 2.75) is 44.6 Å². The largest absolute Gasteiger partial charge is 0.462 e. The van der Waals surface area contributed by atoms with Crippen molar-refractivity contribution in [2.24, 2.45) is 5.92 Å². The number of ketones is 1. The molecule has 2 rings (SSSR count). The average Bonchev–Trinajstić information content (AvgIpc) is 2.97. The van der Waals surface area contributed by atoms with Crippen LogP contribution in [0.5, 0.6) is 0 Å². The zero-order valence-corrected chi connectivity index (χ0v) is 13.4. The van der Waals surface area contributed by atoms with E-state index in [1.54, 1.807) is 6.92 Å². The van der Waals surface area contributed by atoms with Crippen LogP contribution < -0.4 is 0 Å². The van der Waals surface area contributed by atoms with Gasteiger partial charge in [-0.3, -0.25) is 9.59 Å². The molecule has 1 aromatic carbocycles. The molecule has 0 radical (unpaired) electrons. The predicted octanol–water partition coefficient (Wildman–Crippen LogP) is 1.60. The highest BCUT2D eigenvalue weighted by Crippen LogP contribution is 2.26. The van der Waals surface area contributed by atoms with Gasteiger partial charge in [-0.05, 0) is 37.3 Å². The summed E-state index contributed by atoms with van der Waals surface area (Å²) in [5, 5.41) is 17.9. The quantitative estimate of drug-likeness (QED) is 0.746. The van der Waals surface area contributed by atoms with Crippen molar-refractivity contribution in [1.29, 1.82) is 0 Å². The molecule has 1 aliphatic rings. The third kappa shape index (κ3) is 4.88. The van der Waals surface area contributed by atoms with E-state index < -0.39 is 24.6 Å². The van der Waals surface area contributed by atoms with Crippen LogP contribution in [0.25, 0.3) is 0 Å². The Labute approximate surface area is 136 Å². The molecule has 126 valence electrons. The monoisotopic (exact) mass is 320 g/mol. The second-order valence-electron chi connectivity index (χ2n) is 6.19. The minimum atomic E-state index is -1.04. The third-order valence-corrected chi connectivity index (χ3v) is 4.38. The molecule has 5 heteroatoms. The molecule has 0 heterocycles. The van der Waals surface area contributed by atoms with Crippen LogP contribution in [-0.4, -0.2) is 41.3 Å². The summed E-state index contributed by atoms with van der Waals surface area (Å²) in [7, 11) is 0. The van der Waals surface area contributed by atoms with Gasteiger partial charge in [0.15, 0.2) is 0 Å². The fraction of sp³-hybridized carbons (Fsp3) is 0.556. The van der Waals surface area contributed by atoms with Gasteiger partial charge in [-0.2, -0.15) is 0 Å². The van der Waals surface area contributed by atoms with Crippen molar-refractivity contribution >= 4 is 11.8 Å². The Balaban J connectivity index is 1.90. The first-order valence-electron chi connectivity index (χ1n) is 8.08. The number of rotatable bonds is 7. The molecule has 1 unspecified atom stereocenters. The fourth-order valence-corrected chi connectivity index (χ4v) is 2.82. The molecule has 1 aromatic rings. The molecule has 0 aromatic heterocycles. The van der Waals surface area contributed by atoms with Gasteiger partial charge in [0, 0.05) is 12.3 Å². The van der Waals surface area contributed by atoms with Gasteiger partial charge >= 0.3 is 5.97 Å². The lowest BCUT2D eigenvalue weighted by molar-refractivity contribution is -0.148. The predicted molar refractivity (Wildman–Crippen MR) is 85.0 cm³/mol. The topological polar surface area (TPSA) is 83.8 Å². The van der Waals surface area contributed by atoms with E-state index in [0.29, 0.717) is 12.2 Å². The molecular formula is C18H24O5. The second-order valence-corrected chi connectivity index (χ2v) is 6.19. The number of Topliss-reactive ketones (excluding diaryl/α,β-unsaturated/α-hetero) is 1. The van der Waals surface area contributed by atoms with Crippen LogP contribution in [0.15, 0.2) is 24.3 Å². The summed E-state index contributed by atoms with van der Waals surface area (Å²) < 4.78 is 4.97. The molecule has 0 spiro atoms. The number of carbonyl (C=O) groups is 2. The van der Waals surface area contributed by atoms with Crippen LogP contribution >= 0.6 is 0 Å². The first-order valence-corrected chi connectivity index (χ1v) is 8.08. The Hall–Kier alpha value is -1.72. The van der Waals surface area contributed by atoms with Crippen LogP contribution in [0.4, 0.5) is 0 Å². The molecule has 1 saturated carbocycles. The number of aliphatic hydroxyl groups is 2. The minimum Gasteiger partial charge on any atom is -0.462 e. The highest BCUT2D eigenvalue weighted by molar-refractivity contribution is 5.83. The van der Waals surface area contributed by atoms with Gasteiger partial charge in [0.25, 0.3) is 0 Å². The molecule has 5 nitrogen and oxygen atoms in total. The second kappa shape index (κ2) is 8.22. The summed E-state index contributed by atoms with van der Waals surface area (Å²) >= 11 is 0. The molecule has 1 aliphatic carbocycles. The summed E-state index contributed by atoms with van der Waals surface area (Å²) in [6.07, 6.45) is 2.38. The van der Waals surface area contributed by atoms with E-state index in [-0.39, 0.29) is 12.5 Å². The maximum atomic E-state index is 11.9. The molecule has 1 fully saturated rings. The van der Waals surface area contributed by atoms with Crippen molar-refractivity contribution < 1.29 is 24.5 Å². The summed E-state index contributed by atoms with van der Waals surface area (Å²) in [5.41, 5.74) is 1.93. The van der Waals surface area contributed by atoms with Gasteiger partial charge in [-0.1, -0.05) is 24.3 Å². The van der Waals surface area contributed by atoms with E-state index in [4.69, 9.17) is 9.84 Å². The zero-order valence-electron chi connectivity index (χ0n) is 13.4. The lowest BCUT2D eigenvalue weighted by Crippen LogP contribution is -2.24. The smallest absolute Gasteiger partial charge is 0.313 e. The maximum Gasteiger partial charge on any atom is 0.313 e. The summed E-state index contributed by atoms with van der Waals surface area (Å²) in [6.45, 7) is 1.10. The highest BCUT2D eigenvalue weighted by Gasteiger charge is 2.24. The Kier molecular flexibility index (Phi) is 6.30. The molecule has 2 N–H and O–H groups in total. The first kappa shape index (κ1) is 17.6. The van der Waals surface area contributed by atoms with Crippen molar-refractivity contribution in [3.8, 4) is 0 Å². The van der Waals surface area contributed by atoms with Crippen LogP contribution in [0.1, 0.15) is 43.2 Å². The molecule has 0 aliphatic heterocycles. The number of carbonyl (C=O) groups excluding carboxylic acids is 2. The van der Waals surface area contributed by atoms with E-state index in [1.165, 1.54) is 0 Å². The lowest BCUT2D eigenvalue weighted by Gasteiger charge is -2.14. The Morgan fingerprint density at radius 2 is 2.04 bits per heavy atom. The van der Waals surface area contributed by atoms with Gasteiger partial charge in [0.1, 0.15) is 18.5 Å². The molecule has 23 heavy (non-hydrogen) atoms. The summed E-state index contributed by atoms with van der Waals surface area (Å²) in [6, 6.07) is 7.66. The van der Waals surface area contributed by atoms with Crippen molar-refractivity contribution in [1.82, 2.24) is 0 Å². The van der Waals surface area contributed by atoms with Gasteiger partial charge in [0.2, 0.25) is 0 Å². The average molecular weight is 320 g/mol. The number of benzene rings is 1. The zero-order chi connectivity index (χ0) is 16.8. The van der Waals surface area contributed by atoms with Crippen molar-refractivity contribution in [3.05, 3.63) is 35.4 Å². The van der Waals surface area contributed by atoms with E-state index in [0.717, 1.165) is 30.4 Å². The van der Waals surface area contributed by atoms with Gasteiger partial charge in [-0.25, -0.2) is 0 Å². The number of ether oxygens (including phenoxy) is 1. The number of hydrogen-bond donors (Lipinski definition) is 2. The number of aliphatic hydroxyl groups excluding tert-OH is 2. The Bertz CT molecular complexity index is 537. The SMILES string of the molecule is C[C@H](C(=O)OCC(O)CO)c1ccc(C[C@H]2CCCC2=O)cc1. The normalized spacial score (nSPS) is 20.3. The van der Waals surface area contributed by atoms with E-state index >= 15 is 0 Å².